The van der Waals surface area contributed by atoms with Crippen molar-refractivity contribution in [1.82, 2.24) is 15.2 Å². The molecular weight excluding hydrogens is 274 g/mol. The number of aromatic nitrogens is 1. The smallest absolute Gasteiger partial charge is 0.246 e. The predicted octanol–water partition coefficient (Wildman–Crippen LogP) is 1.71. The maximum absolute atomic E-state index is 12.6. The number of hydrogen-bond acceptors (Lipinski definition) is 4. The van der Waals surface area contributed by atoms with Crippen LogP contribution in [0.1, 0.15) is 37.6 Å². The summed E-state index contributed by atoms with van der Waals surface area (Å²) in [6.45, 7) is 10.0. The highest BCUT2D eigenvalue weighted by molar-refractivity contribution is 7.11. The van der Waals surface area contributed by atoms with Gasteiger partial charge in [0.15, 0.2) is 0 Å². The Bertz CT molecular complexity index is 533. The maximum Gasteiger partial charge on any atom is 0.246 e. The summed E-state index contributed by atoms with van der Waals surface area (Å²) in [4.78, 5) is 31.6. The van der Waals surface area contributed by atoms with Gasteiger partial charge in [-0.25, -0.2) is 4.98 Å². The zero-order valence-electron chi connectivity index (χ0n) is 12.6. The van der Waals surface area contributed by atoms with Gasteiger partial charge < -0.3 is 10.2 Å². The van der Waals surface area contributed by atoms with E-state index >= 15 is 0 Å². The molecule has 2 amide bonds. The van der Waals surface area contributed by atoms with E-state index in [1.807, 2.05) is 27.7 Å². The number of thiazole rings is 1. The van der Waals surface area contributed by atoms with E-state index in [0.717, 1.165) is 9.88 Å². The van der Waals surface area contributed by atoms with E-state index in [1.165, 1.54) is 0 Å². The van der Waals surface area contributed by atoms with E-state index in [4.69, 9.17) is 0 Å². The van der Waals surface area contributed by atoms with Gasteiger partial charge in [-0.15, -0.1) is 11.3 Å². The molecule has 20 heavy (non-hydrogen) atoms. The minimum atomic E-state index is -0.472. The second-order valence-electron chi connectivity index (χ2n) is 6.30. The lowest BCUT2D eigenvalue weighted by molar-refractivity contribution is -0.152. The summed E-state index contributed by atoms with van der Waals surface area (Å²) in [7, 11) is 0. The maximum atomic E-state index is 12.6. The molecule has 5 nitrogen and oxygen atoms in total. The van der Waals surface area contributed by atoms with Crippen LogP contribution in [0.25, 0.3) is 0 Å². The molecule has 0 radical (unpaired) electrons. The molecule has 0 aromatic carbocycles. The number of nitrogens with zero attached hydrogens (tertiary/aromatic N) is 2. The molecule has 0 spiro atoms. The molecule has 2 rings (SSSR count). The Hall–Kier alpha value is -1.43. The minimum Gasteiger partial charge on any atom is -0.342 e. The molecular formula is C14H21N3O2S. The molecule has 1 fully saturated rings. The van der Waals surface area contributed by atoms with Crippen LogP contribution in [-0.2, 0) is 16.1 Å². The van der Waals surface area contributed by atoms with E-state index in [2.05, 4.69) is 10.3 Å². The number of carbonyl (C=O) groups is 2. The largest absolute Gasteiger partial charge is 0.342 e. The lowest BCUT2D eigenvalue weighted by Gasteiger charge is -2.42. The van der Waals surface area contributed by atoms with Gasteiger partial charge in [-0.05, 0) is 19.3 Å². The normalized spacial score (nSPS) is 23.9. The second kappa shape index (κ2) is 5.16. The molecule has 0 aliphatic carbocycles. The first-order valence-corrected chi connectivity index (χ1v) is 7.54. The van der Waals surface area contributed by atoms with Crippen molar-refractivity contribution in [1.29, 1.82) is 0 Å². The molecule has 1 aromatic rings. The fraction of sp³-hybridized carbons (Fsp3) is 0.643. The van der Waals surface area contributed by atoms with Gasteiger partial charge in [-0.1, -0.05) is 20.8 Å². The van der Waals surface area contributed by atoms with Crippen molar-refractivity contribution < 1.29 is 9.59 Å². The summed E-state index contributed by atoms with van der Waals surface area (Å²) >= 11 is 1.56. The van der Waals surface area contributed by atoms with Crippen LogP contribution in [0.15, 0.2) is 6.20 Å². The van der Waals surface area contributed by atoms with Gasteiger partial charge in [-0.2, -0.15) is 0 Å². The van der Waals surface area contributed by atoms with Crippen LogP contribution in [0.2, 0.25) is 0 Å². The third kappa shape index (κ3) is 2.85. The molecule has 1 aliphatic rings. The van der Waals surface area contributed by atoms with Gasteiger partial charge in [0.2, 0.25) is 11.8 Å². The van der Waals surface area contributed by atoms with Gasteiger partial charge in [0, 0.05) is 11.1 Å². The van der Waals surface area contributed by atoms with Gasteiger partial charge in [0.05, 0.1) is 11.6 Å². The third-order valence-electron chi connectivity index (χ3n) is 3.52. The summed E-state index contributed by atoms with van der Waals surface area (Å²) in [6.07, 6.45) is 1.78. The monoisotopic (exact) mass is 295 g/mol. The number of piperazine rings is 1. The molecule has 0 saturated carbocycles. The van der Waals surface area contributed by atoms with E-state index in [9.17, 15) is 9.59 Å². The van der Waals surface area contributed by atoms with Crippen molar-refractivity contribution in [3.05, 3.63) is 16.1 Å². The Balaban J connectivity index is 2.24. The molecule has 6 heteroatoms. The van der Waals surface area contributed by atoms with Crippen molar-refractivity contribution in [3.8, 4) is 0 Å². The van der Waals surface area contributed by atoms with Gasteiger partial charge in [0.25, 0.3) is 0 Å². The summed E-state index contributed by atoms with van der Waals surface area (Å²) in [5.74, 6) is -0.110. The third-order valence-corrected chi connectivity index (χ3v) is 4.42. The highest BCUT2D eigenvalue weighted by Crippen LogP contribution is 2.26. The topological polar surface area (TPSA) is 62.3 Å². The van der Waals surface area contributed by atoms with E-state index in [-0.39, 0.29) is 17.2 Å². The molecule has 1 aliphatic heterocycles. The van der Waals surface area contributed by atoms with Gasteiger partial charge in [-0.3, -0.25) is 9.59 Å². The Morgan fingerprint density at radius 3 is 2.55 bits per heavy atom. The first kappa shape index (κ1) is 15.0. The Kier molecular flexibility index (Phi) is 3.86. The van der Waals surface area contributed by atoms with Crippen molar-refractivity contribution in [2.24, 2.45) is 5.41 Å². The first-order chi connectivity index (χ1) is 9.20. The van der Waals surface area contributed by atoms with Crippen LogP contribution >= 0.6 is 11.3 Å². The number of carbonyl (C=O) groups excluding carboxylic acids is 2. The molecule has 2 heterocycles. The zero-order chi connectivity index (χ0) is 15.1. The van der Waals surface area contributed by atoms with Gasteiger partial charge in [0.1, 0.15) is 12.1 Å². The van der Waals surface area contributed by atoms with Crippen LogP contribution in [0, 0.1) is 12.3 Å². The Morgan fingerprint density at radius 2 is 2.05 bits per heavy atom. The lowest BCUT2D eigenvalue weighted by atomic mass is 9.84. The predicted molar refractivity (Wildman–Crippen MR) is 78.2 cm³/mol. The number of amides is 2. The standard InChI is InChI=1S/C14H21N3O2S/c1-8-12(18)16-11(14(3,4)5)13(19)17(8)7-10-6-15-9(2)20-10/h6,8,11H,7H2,1-5H3,(H,16,18). The minimum absolute atomic E-state index is 0.0179. The summed E-state index contributed by atoms with van der Waals surface area (Å²) in [5.41, 5.74) is -0.297. The van der Waals surface area contributed by atoms with Gasteiger partial charge >= 0.3 is 0 Å². The highest BCUT2D eigenvalue weighted by Gasteiger charge is 2.43. The van der Waals surface area contributed by atoms with E-state index in [0.29, 0.717) is 6.54 Å². The second-order valence-corrected chi connectivity index (χ2v) is 7.61. The quantitative estimate of drug-likeness (QED) is 0.903. The van der Waals surface area contributed by atoms with Crippen molar-refractivity contribution in [2.45, 2.75) is 53.2 Å². The number of rotatable bonds is 2. The molecule has 1 aromatic heterocycles. The fourth-order valence-corrected chi connectivity index (χ4v) is 3.06. The van der Waals surface area contributed by atoms with Crippen LogP contribution in [-0.4, -0.2) is 33.8 Å². The highest BCUT2D eigenvalue weighted by atomic mass is 32.1. The summed E-state index contributed by atoms with van der Waals surface area (Å²) < 4.78 is 0. The van der Waals surface area contributed by atoms with Crippen molar-refractivity contribution in [3.63, 3.8) is 0 Å². The molecule has 1 N–H and O–H groups in total. The molecule has 2 atom stereocenters. The van der Waals surface area contributed by atoms with E-state index < -0.39 is 12.1 Å². The molecule has 1 saturated heterocycles. The first-order valence-electron chi connectivity index (χ1n) is 6.72. The Morgan fingerprint density at radius 1 is 1.40 bits per heavy atom. The molecule has 0 bridgehead atoms. The van der Waals surface area contributed by atoms with Crippen LogP contribution in [0.5, 0.6) is 0 Å². The summed E-state index contributed by atoms with van der Waals surface area (Å²) in [6, 6.07) is -0.913. The number of nitrogens with one attached hydrogen (secondary N) is 1. The summed E-state index contributed by atoms with van der Waals surface area (Å²) in [5, 5.41) is 3.80. The Labute approximate surface area is 123 Å². The van der Waals surface area contributed by atoms with Crippen LogP contribution < -0.4 is 5.32 Å². The SMILES string of the molecule is Cc1ncc(CN2C(=O)C(C(C)(C)C)NC(=O)C2C)s1. The number of hydrogen-bond donors (Lipinski definition) is 1. The fourth-order valence-electron chi connectivity index (χ4n) is 2.27. The van der Waals surface area contributed by atoms with Crippen LogP contribution in [0.3, 0.4) is 0 Å². The lowest BCUT2D eigenvalue weighted by Crippen LogP contribution is -2.65. The van der Waals surface area contributed by atoms with Crippen molar-refractivity contribution in [2.75, 3.05) is 0 Å². The average Bonchev–Trinajstić information content (AvgIpc) is 2.73. The van der Waals surface area contributed by atoms with Crippen LogP contribution in [0.4, 0.5) is 0 Å². The molecule has 2 unspecified atom stereocenters. The number of aryl methyl sites for hydroxylation is 1. The zero-order valence-corrected chi connectivity index (χ0v) is 13.4. The average molecular weight is 295 g/mol. The van der Waals surface area contributed by atoms with Crippen molar-refractivity contribution >= 4 is 23.2 Å². The van der Waals surface area contributed by atoms with E-state index in [1.54, 1.807) is 29.4 Å². The molecule has 110 valence electrons.